The smallest absolute Gasteiger partial charge is 0.336 e. The van der Waals surface area contributed by atoms with Crippen LogP contribution in [0.15, 0.2) is 84.8 Å². The third kappa shape index (κ3) is 3.25. The van der Waals surface area contributed by atoms with Gasteiger partial charge in [0.2, 0.25) is 5.78 Å². The highest BCUT2D eigenvalue weighted by atomic mass is 79.9. The van der Waals surface area contributed by atoms with Crippen molar-refractivity contribution in [2.75, 3.05) is 0 Å². The van der Waals surface area contributed by atoms with E-state index in [1.54, 1.807) is 18.2 Å². The van der Waals surface area contributed by atoms with Gasteiger partial charge in [0.15, 0.2) is 5.76 Å². The molecule has 0 saturated heterocycles. The normalized spacial score (nSPS) is 11.3. The molecule has 0 amide bonds. The molecular weight excluding hydrogens is 460 g/mol. The summed E-state index contributed by atoms with van der Waals surface area (Å²) < 4.78 is 12.4. The third-order valence-corrected chi connectivity index (χ3v) is 5.69. The average Bonchev–Trinajstić information content (AvgIpc) is 3.13. The number of phenols is 1. The Hall–Kier alpha value is -3.64. The highest BCUT2D eigenvalue weighted by Gasteiger charge is 2.26. The van der Waals surface area contributed by atoms with Gasteiger partial charge in [-0.3, -0.25) is 4.79 Å². The van der Waals surface area contributed by atoms with Gasteiger partial charge in [-0.05, 0) is 54.4 Å². The fraction of sp³-hybridized carbons (Fsp3) is 0.0400. The summed E-state index contributed by atoms with van der Waals surface area (Å²) in [5, 5.41) is 11.2. The monoisotopic (exact) mass is 474 g/mol. The van der Waals surface area contributed by atoms with E-state index in [0.717, 1.165) is 21.0 Å². The fourth-order valence-electron chi connectivity index (χ4n) is 3.82. The molecule has 0 aliphatic carbocycles. The Bertz CT molecular complexity index is 1560. The van der Waals surface area contributed by atoms with E-state index in [1.807, 2.05) is 37.3 Å². The van der Waals surface area contributed by atoms with Crippen LogP contribution in [-0.4, -0.2) is 10.9 Å². The first kappa shape index (κ1) is 19.3. The highest BCUT2D eigenvalue weighted by molar-refractivity contribution is 9.10. The van der Waals surface area contributed by atoms with E-state index in [0.29, 0.717) is 22.1 Å². The van der Waals surface area contributed by atoms with Crippen molar-refractivity contribution in [3.8, 4) is 16.9 Å². The number of fused-ring (bicyclic) bond motifs is 3. The van der Waals surface area contributed by atoms with Crippen molar-refractivity contribution < 1.29 is 18.7 Å². The topological polar surface area (TPSA) is 80.7 Å². The van der Waals surface area contributed by atoms with E-state index >= 15 is 0 Å². The zero-order chi connectivity index (χ0) is 21.7. The second-order valence-corrected chi connectivity index (χ2v) is 8.18. The lowest BCUT2D eigenvalue weighted by molar-refractivity contribution is 0.101. The maximum atomic E-state index is 13.4. The van der Waals surface area contributed by atoms with E-state index in [4.69, 9.17) is 8.83 Å². The summed E-state index contributed by atoms with van der Waals surface area (Å²) in [6, 6.07) is 18.6. The molecule has 1 N–H and O–H groups in total. The molecule has 3 aromatic carbocycles. The quantitative estimate of drug-likeness (QED) is 0.248. The molecule has 0 aliphatic rings. The first-order chi connectivity index (χ1) is 14.9. The number of aryl methyl sites for hydroxylation is 1. The Morgan fingerprint density at radius 3 is 2.55 bits per heavy atom. The first-order valence-electron chi connectivity index (χ1n) is 9.52. The summed E-state index contributed by atoms with van der Waals surface area (Å²) in [4.78, 5) is 25.6. The fourth-order valence-corrected chi connectivity index (χ4v) is 4.22. The van der Waals surface area contributed by atoms with Crippen LogP contribution in [0.2, 0.25) is 0 Å². The molecule has 5 aromatic rings. The third-order valence-electron chi connectivity index (χ3n) is 5.20. The van der Waals surface area contributed by atoms with Gasteiger partial charge in [0.05, 0.1) is 5.39 Å². The summed E-state index contributed by atoms with van der Waals surface area (Å²) in [6.45, 7) is 1.84. The molecule has 152 valence electrons. The van der Waals surface area contributed by atoms with Crippen LogP contribution in [0.3, 0.4) is 0 Å². The van der Waals surface area contributed by atoms with Gasteiger partial charge in [-0.25, -0.2) is 4.79 Å². The van der Waals surface area contributed by atoms with E-state index in [1.165, 1.54) is 18.2 Å². The predicted molar refractivity (Wildman–Crippen MR) is 122 cm³/mol. The molecule has 0 atom stereocenters. The maximum Gasteiger partial charge on any atom is 0.336 e. The average molecular weight is 475 g/mol. The van der Waals surface area contributed by atoms with Gasteiger partial charge >= 0.3 is 5.63 Å². The molecule has 0 fully saturated rings. The molecule has 0 aliphatic heterocycles. The van der Waals surface area contributed by atoms with Crippen LogP contribution in [0.4, 0.5) is 0 Å². The van der Waals surface area contributed by atoms with Crippen LogP contribution in [0.1, 0.15) is 21.7 Å². The van der Waals surface area contributed by atoms with Crippen molar-refractivity contribution in [3.63, 3.8) is 0 Å². The zero-order valence-corrected chi connectivity index (χ0v) is 17.9. The molecular formula is C25H15BrO5. The van der Waals surface area contributed by atoms with Gasteiger partial charge in [0.25, 0.3) is 0 Å². The molecule has 2 aromatic heterocycles. The van der Waals surface area contributed by atoms with Crippen molar-refractivity contribution in [3.05, 3.63) is 98.5 Å². The lowest BCUT2D eigenvalue weighted by Gasteiger charge is -2.06. The molecule has 5 rings (SSSR count). The van der Waals surface area contributed by atoms with Gasteiger partial charge in [-0.15, -0.1) is 0 Å². The SMILES string of the molecule is Cc1cc(=O)oc2c1ccc1oc(C(=O)c3cccc(O)c3)c(-c3cccc(Br)c3)c12. The molecule has 0 unspecified atom stereocenters. The van der Waals surface area contributed by atoms with Crippen LogP contribution in [0.25, 0.3) is 33.1 Å². The maximum absolute atomic E-state index is 13.4. The molecule has 0 saturated carbocycles. The molecule has 2 heterocycles. The van der Waals surface area contributed by atoms with E-state index in [-0.39, 0.29) is 22.9 Å². The minimum Gasteiger partial charge on any atom is -0.508 e. The molecule has 0 bridgehead atoms. The number of hydrogen-bond acceptors (Lipinski definition) is 5. The van der Waals surface area contributed by atoms with Crippen molar-refractivity contribution in [1.29, 1.82) is 0 Å². The number of benzene rings is 3. The Morgan fingerprint density at radius 1 is 0.968 bits per heavy atom. The Balaban J connectivity index is 1.92. The number of aromatic hydroxyl groups is 1. The van der Waals surface area contributed by atoms with Gasteiger partial charge in [-0.1, -0.05) is 40.2 Å². The standard InChI is InChI=1S/C25H15BrO5/c1-13-10-20(28)31-24-18(13)8-9-19-22(24)21(14-4-2-6-16(26)11-14)25(30-19)23(29)15-5-3-7-17(27)12-15/h2-12,27H,1H3. The van der Waals surface area contributed by atoms with Gasteiger partial charge in [0, 0.05) is 27.1 Å². The van der Waals surface area contributed by atoms with E-state index in [9.17, 15) is 14.7 Å². The number of phenolic OH excluding ortho intramolecular Hbond substituents is 1. The van der Waals surface area contributed by atoms with E-state index < -0.39 is 5.63 Å². The van der Waals surface area contributed by atoms with E-state index in [2.05, 4.69) is 15.9 Å². The van der Waals surface area contributed by atoms with Crippen molar-refractivity contribution >= 4 is 43.7 Å². The number of hydrogen-bond donors (Lipinski definition) is 1. The van der Waals surface area contributed by atoms with Crippen LogP contribution in [0, 0.1) is 6.92 Å². The second kappa shape index (κ2) is 7.25. The Kier molecular flexibility index (Phi) is 4.52. The van der Waals surface area contributed by atoms with Gasteiger partial charge in [-0.2, -0.15) is 0 Å². The number of carbonyl (C=O) groups excluding carboxylic acids is 1. The summed E-state index contributed by atoms with van der Waals surface area (Å²) in [6.07, 6.45) is 0. The van der Waals surface area contributed by atoms with Crippen molar-refractivity contribution in [1.82, 2.24) is 0 Å². The molecule has 6 heteroatoms. The van der Waals surface area contributed by atoms with Crippen LogP contribution in [-0.2, 0) is 0 Å². The minimum atomic E-state index is -0.472. The number of furan rings is 1. The summed E-state index contributed by atoms with van der Waals surface area (Å²) in [5.74, 6) is -0.293. The lowest BCUT2D eigenvalue weighted by Crippen LogP contribution is -2.01. The Morgan fingerprint density at radius 2 is 1.77 bits per heavy atom. The Labute approximate surface area is 184 Å². The van der Waals surface area contributed by atoms with Crippen molar-refractivity contribution in [2.24, 2.45) is 0 Å². The zero-order valence-electron chi connectivity index (χ0n) is 16.3. The van der Waals surface area contributed by atoms with Crippen LogP contribution < -0.4 is 5.63 Å². The van der Waals surface area contributed by atoms with Crippen molar-refractivity contribution in [2.45, 2.75) is 6.92 Å². The number of ketones is 1. The first-order valence-corrected chi connectivity index (χ1v) is 10.3. The molecule has 5 nitrogen and oxygen atoms in total. The summed E-state index contributed by atoms with van der Waals surface area (Å²) in [7, 11) is 0. The molecule has 0 radical (unpaired) electrons. The number of halogens is 1. The highest BCUT2D eigenvalue weighted by Crippen LogP contribution is 2.41. The minimum absolute atomic E-state index is 0.0157. The van der Waals surface area contributed by atoms with Crippen LogP contribution in [0.5, 0.6) is 5.75 Å². The van der Waals surface area contributed by atoms with Crippen LogP contribution >= 0.6 is 15.9 Å². The second-order valence-electron chi connectivity index (χ2n) is 7.26. The summed E-state index contributed by atoms with van der Waals surface area (Å²) >= 11 is 3.48. The number of carbonyl (C=O) groups is 1. The predicted octanol–water partition coefficient (Wildman–Crippen LogP) is 6.21. The molecule has 31 heavy (non-hydrogen) atoms. The summed E-state index contributed by atoms with van der Waals surface area (Å²) in [5.41, 5.74) is 2.65. The van der Waals surface area contributed by atoms with Gasteiger partial charge < -0.3 is 13.9 Å². The largest absolute Gasteiger partial charge is 0.508 e. The molecule has 0 spiro atoms. The van der Waals surface area contributed by atoms with Gasteiger partial charge in [0.1, 0.15) is 16.9 Å². The number of rotatable bonds is 3. The lowest BCUT2D eigenvalue weighted by atomic mass is 9.96.